The molecular formula is C12H21FN2O. The van der Waals surface area contributed by atoms with Gasteiger partial charge in [-0.25, -0.2) is 4.39 Å². The van der Waals surface area contributed by atoms with Crippen molar-refractivity contribution in [2.24, 2.45) is 17.8 Å². The van der Waals surface area contributed by atoms with Crippen LogP contribution < -0.4 is 5.32 Å². The minimum atomic E-state index is -0.862. The van der Waals surface area contributed by atoms with Crippen LogP contribution in [-0.4, -0.2) is 43.7 Å². The van der Waals surface area contributed by atoms with Gasteiger partial charge in [-0.3, -0.25) is 4.79 Å². The van der Waals surface area contributed by atoms with E-state index in [2.05, 4.69) is 12.2 Å². The summed E-state index contributed by atoms with van der Waals surface area (Å²) in [6, 6.07) is 0. The maximum Gasteiger partial charge on any atom is 0.226 e. The summed E-state index contributed by atoms with van der Waals surface area (Å²) in [5.74, 6) is 0.956. The SMILES string of the molecule is CNCC1CCN(C(=O)[C@@H]2C[C@H]2C)CC1F. The van der Waals surface area contributed by atoms with Gasteiger partial charge in [0.15, 0.2) is 0 Å². The molecule has 1 heterocycles. The van der Waals surface area contributed by atoms with E-state index in [0.29, 0.717) is 19.0 Å². The molecule has 1 saturated heterocycles. The molecule has 2 unspecified atom stereocenters. The van der Waals surface area contributed by atoms with Crippen molar-refractivity contribution in [2.45, 2.75) is 25.9 Å². The lowest BCUT2D eigenvalue weighted by atomic mass is 9.94. The fraction of sp³-hybridized carbons (Fsp3) is 0.917. The third kappa shape index (κ3) is 2.37. The molecule has 0 bridgehead atoms. The number of carbonyl (C=O) groups excluding carboxylic acids is 1. The van der Waals surface area contributed by atoms with Gasteiger partial charge in [-0.05, 0) is 25.8 Å². The maximum absolute atomic E-state index is 13.8. The number of hydrogen-bond acceptors (Lipinski definition) is 2. The molecule has 0 aromatic rings. The number of hydrogen-bond donors (Lipinski definition) is 1. The van der Waals surface area contributed by atoms with Crippen molar-refractivity contribution in [1.82, 2.24) is 10.2 Å². The number of carbonyl (C=O) groups is 1. The first-order valence-corrected chi connectivity index (χ1v) is 6.21. The Morgan fingerprint density at radius 3 is 2.75 bits per heavy atom. The van der Waals surface area contributed by atoms with Crippen LogP contribution in [-0.2, 0) is 4.79 Å². The van der Waals surface area contributed by atoms with Crippen LogP contribution in [0.25, 0.3) is 0 Å². The molecule has 1 saturated carbocycles. The van der Waals surface area contributed by atoms with Gasteiger partial charge < -0.3 is 10.2 Å². The van der Waals surface area contributed by atoms with Crippen molar-refractivity contribution in [3.05, 3.63) is 0 Å². The van der Waals surface area contributed by atoms with Gasteiger partial charge in [0.2, 0.25) is 5.91 Å². The van der Waals surface area contributed by atoms with E-state index in [1.807, 2.05) is 7.05 Å². The van der Waals surface area contributed by atoms with E-state index >= 15 is 0 Å². The first-order chi connectivity index (χ1) is 7.63. The third-order valence-corrected chi connectivity index (χ3v) is 3.88. The molecule has 4 heteroatoms. The summed E-state index contributed by atoms with van der Waals surface area (Å²) in [4.78, 5) is 13.7. The van der Waals surface area contributed by atoms with Crippen LogP contribution in [0.1, 0.15) is 19.8 Å². The summed E-state index contributed by atoms with van der Waals surface area (Å²) in [5.41, 5.74) is 0. The summed E-state index contributed by atoms with van der Waals surface area (Å²) in [6.45, 7) is 3.83. The fourth-order valence-corrected chi connectivity index (χ4v) is 2.55. The summed E-state index contributed by atoms with van der Waals surface area (Å²) in [7, 11) is 1.84. The highest BCUT2D eigenvalue weighted by Crippen LogP contribution is 2.39. The predicted octanol–water partition coefficient (Wildman–Crippen LogP) is 1.05. The standard InChI is InChI=1S/C12H21FN2O/c1-8-5-10(8)12(16)15-4-3-9(6-14-2)11(13)7-15/h8-11,14H,3-7H2,1-2H3/t8-,9?,10-,11?/m1/s1. The van der Waals surface area contributed by atoms with Crippen molar-refractivity contribution < 1.29 is 9.18 Å². The van der Waals surface area contributed by atoms with E-state index in [0.717, 1.165) is 19.4 Å². The first kappa shape index (κ1) is 11.8. The molecular weight excluding hydrogens is 207 g/mol. The molecule has 0 radical (unpaired) electrons. The molecule has 16 heavy (non-hydrogen) atoms. The van der Waals surface area contributed by atoms with E-state index in [1.165, 1.54) is 0 Å². The van der Waals surface area contributed by atoms with Crippen molar-refractivity contribution >= 4 is 5.91 Å². The Bertz CT molecular complexity index is 272. The highest BCUT2D eigenvalue weighted by molar-refractivity contribution is 5.81. The van der Waals surface area contributed by atoms with E-state index in [9.17, 15) is 9.18 Å². The van der Waals surface area contributed by atoms with Gasteiger partial charge in [-0.15, -0.1) is 0 Å². The molecule has 0 aromatic heterocycles. The van der Waals surface area contributed by atoms with Gasteiger partial charge in [0.1, 0.15) is 6.17 Å². The second kappa shape index (κ2) is 4.70. The lowest BCUT2D eigenvalue weighted by Gasteiger charge is -2.34. The smallest absolute Gasteiger partial charge is 0.226 e. The minimum Gasteiger partial charge on any atom is -0.340 e. The van der Waals surface area contributed by atoms with Crippen LogP contribution in [0.4, 0.5) is 4.39 Å². The van der Waals surface area contributed by atoms with Crippen LogP contribution >= 0.6 is 0 Å². The van der Waals surface area contributed by atoms with Crippen molar-refractivity contribution in [2.75, 3.05) is 26.7 Å². The van der Waals surface area contributed by atoms with Crippen LogP contribution in [0.5, 0.6) is 0 Å². The molecule has 0 aromatic carbocycles. The minimum absolute atomic E-state index is 0.0747. The summed E-state index contributed by atoms with van der Waals surface area (Å²) >= 11 is 0. The van der Waals surface area contributed by atoms with Gasteiger partial charge in [-0.2, -0.15) is 0 Å². The average Bonchev–Trinajstić information content (AvgIpc) is 2.98. The number of likely N-dealkylation sites (tertiary alicyclic amines) is 1. The molecule has 1 aliphatic carbocycles. The Morgan fingerprint density at radius 2 is 2.25 bits per heavy atom. The van der Waals surface area contributed by atoms with Gasteiger partial charge >= 0.3 is 0 Å². The van der Waals surface area contributed by atoms with E-state index in [-0.39, 0.29) is 17.7 Å². The Balaban J connectivity index is 1.84. The van der Waals surface area contributed by atoms with Crippen LogP contribution in [0.2, 0.25) is 0 Å². The number of nitrogens with one attached hydrogen (secondary N) is 1. The highest BCUT2D eigenvalue weighted by atomic mass is 19.1. The molecule has 1 aliphatic heterocycles. The quantitative estimate of drug-likeness (QED) is 0.783. The molecule has 4 atom stereocenters. The molecule has 0 spiro atoms. The summed E-state index contributed by atoms with van der Waals surface area (Å²) < 4.78 is 13.8. The first-order valence-electron chi connectivity index (χ1n) is 6.21. The topological polar surface area (TPSA) is 32.3 Å². The highest BCUT2D eigenvalue weighted by Gasteiger charge is 2.43. The van der Waals surface area contributed by atoms with Crippen molar-refractivity contribution in [3.8, 4) is 0 Å². The normalized spacial score (nSPS) is 38.6. The molecule has 2 rings (SSSR count). The number of piperidine rings is 1. The molecule has 2 fully saturated rings. The lowest BCUT2D eigenvalue weighted by Crippen LogP contribution is -2.47. The molecule has 1 amide bonds. The van der Waals surface area contributed by atoms with Crippen LogP contribution in [0.15, 0.2) is 0 Å². The van der Waals surface area contributed by atoms with Crippen molar-refractivity contribution in [1.29, 1.82) is 0 Å². The zero-order valence-electron chi connectivity index (χ0n) is 10.1. The van der Waals surface area contributed by atoms with E-state index in [1.54, 1.807) is 4.90 Å². The van der Waals surface area contributed by atoms with Gasteiger partial charge in [0.05, 0.1) is 6.54 Å². The van der Waals surface area contributed by atoms with E-state index < -0.39 is 6.17 Å². The Hall–Kier alpha value is -0.640. The fourth-order valence-electron chi connectivity index (χ4n) is 2.55. The Labute approximate surface area is 96.4 Å². The largest absolute Gasteiger partial charge is 0.340 e. The number of amides is 1. The molecule has 92 valence electrons. The second-order valence-electron chi connectivity index (χ2n) is 5.23. The zero-order valence-corrected chi connectivity index (χ0v) is 10.1. The molecule has 2 aliphatic rings. The summed E-state index contributed by atoms with van der Waals surface area (Å²) in [6.07, 6.45) is 0.917. The number of halogens is 1. The molecule has 3 nitrogen and oxygen atoms in total. The molecule has 1 N–H and O–H groups in total. The average molecular weight is 228 g/mol. The predicted molar refractivity (Wildman–Crippen MR) is 60.8 cm³/mol. The van der Waals surface area contributed by atoms with Crippen LogP contribution in [0.3, 0.4) is 0 Å². The lowest BCUT2D eigenvalue weighted by molar-refractivity contribution is -0.135. The maximum atomic E-state index is 13.8. The number of alkyl halides is 1. The third-order valence-electron chi connectivity index (χ3n) is 3.88. The second-order valence-corrected chi connectivity index (χ2v) is 5.23. The van der Waals surface area contributed by atoms with Gasteiger partial charge in [-0.1, -0.05) is 6.92 Å². The van der Waals surface area contributed by atoms with Crippen LogP contribution in [0, 0.1) is 17.8 Å². The van der Waals surface area contributed by atoms with E-state index in [4.69, 9.17) is 0 Å². The van der Waals surface area contributed by atoms with Crippen molar-refractivity contribution in [3.63, 3.8) is 0 Å². The number of rotatable bonds is 3. The monoisotopic (exact) mass is 228 g/mol. The van der Waals surface area contributed by atoms with Gasteiger partial charge in [0.25, 0.3) is 0 Å². The zero-order chi connectivity index (χ0) is 11.7. The Morgan fingerprint density at radius 1 is 1.56 bits per heavy atom. The number of nitrogens with zero attached hydrogens (tertiary/aromatic N) is 1. The Kier molecular flexibility index (Phi) is 3.47. The van der Waals surface area contributed by atoms with Gasteiger partial charge in [0, 0.05) is 24.9 Å². The summed E-state index contributed by atoms with van der Waals surface area (Å²) in [5, 5.41) is 3.01.